The predicted molar refractivity (Wildman–Crippen MR) is 103 cm³/mol. The van der Waals surface area contributed by atoms with Crippen LogP contribution in [0.2, 0.25) is 0 Å². The lowest BCUT2D eigenvalue weighted by Crippen LogP contribution is -2.21. The summed E-state index contributed by atoms with van der Waals surface area (Å²) in [5.41, 5.74) is 3.00. The highest BCUT2D eigenvalue weighted by molar-refractivity contribution is 7.00. The van der Waals surface area contributed by atoms with Crippen molar-refractivity contribution >= 4 is 40.3 Å². The average molecular weight is 385 g/mol. The Morgan fingerprint density at radius 1 is 1.15 bits per heavy atom. The number of aryl methyl sites for hydroxylation is 1. The molecule has 27 heavy (non-hydrogen) atoms. The van der Waals surface area contributed by atoms with E-state index in [0.29, 0.717) is 29.7 Å². The van der Waals surface area contributed by atoms with Gasteiger partial charge in [-0.2, -0.15) is 8.75 Å². The van der Waals surface area contributed by atoms with Crippen molar-refractivity contribution in [3.63, 3.8) is 0 Å². The van der Waals surface area contributed by atoms with Crippen LogP contribution < -0.4 is 10.1 Å². The molecule has 1 amide bonds. The third kappa shape index (κ3) is 5.49. The maximum atomic E-state index is 12.0. The molecule has 2 aromatic carbocycles. The van der Waals surface area contributed by atoms with Gasteiger partial charge in [0.2, 0.25) is 0 Å². The van der Waals surface area contributed by atoms with Crippen molar-refractivity contribution in [2.75, 3.05) is 18.5 Å². The van der Waals surface area contributed by atoms with Crippen molar-refractivity contribution < 1.29 is 19.1 Å². The second kappa shape index (κ2) is 9.09. The van der Waals surface area contributed by atoms with Crippen LogP contribution in [0.1, 0.15) is 18.4 Å². The quantitative estimate of drug-likeness (QED) is 0.472. The first-order valence-electron chi connectivity index (χ1n) is 8.48. The van der Waals surface area contributed by atoms with Crippen LogP contribution in [-0.2, 0) is 14.3 Å². The summed E-state index contributed by atoms with van der Waals surface area (Å²) in [7, 11) is 0. The van der Waals surface area contributed by atoms with E-state index in [4.69, 9.17) is 9.47 Å². The maximum absolute atomic E-state index is 12.0. The number of esters is 1. The Bertz CT molecular complexity index is 941. The summed E-state index contributed by atoms with van der Waals surface area (Å²) in [5, 5.41) is 2.68. The number of ether oxygens (including phenoxy) is 2. The van der Waals surface area contributed by atoms with Crippen LogP contribution in [0.3, 0.4) is 0 Å². The van der Waals surface area contributed by atoms with Crippen LogP contribution in [0.25, 0.3) is 11.0 Å². The number of fused-ring (bicyclic) bond motifs is 1. The largest absolute Gasteiger partial charge is 0.494 e. The lowest BCUT2D eigenvalue weighted by Gasteiger charge is -2.08. The molecule has 0 bridgehead atoms. The zero-order valence-electron chi connectivity index (χ0n) is 14.8. The van der Waals surface area contributed by atoms with Gasteiger partial charge < -0.3 is 14.8 Å². The van der Waals surface area contributed by atoms with Crippen molar-refractivity contribution in [3.8, 4) is 5.75 Å². The van der Waals surface area contributed by atoms with Gasteiger partial charge in [-0.3, -0.25) is 9.59 Å². The molecular weight excluding hydrogens is 366 g/mol. The van der Waals surface area contributed by atoms with Crippen molar-refractivity contribution in [2.45, 2.75) is 19.8 Å². The van der Waals surface area contributed by atoms with Crippen LogP contribution in [0.4, 0.5) is 5.69 Å². The average Bonchev–Trinajstić information content (AvgIpc) is 3.13. The Kier molecular flexibility index (Phi) is 6.32. The molecule has 0 radical (unpaired) electrons. The van der Waals surface area contributed by atoms with Gasteiger partial charge in [0, 0.05) is 6.42 Å². The van der Waals surface area contributed by atoms with Crippen molar-refractivity contribution in [3.05, 3.63) is 48.0 Å². The number of carbonyl (C=O) groups is 2. The molecule has 3 rings (SSSR count). The smallest absolute Gasteiger partial charge is 0.306 e. The van der Waals surface area contributed by atoms with Gasteiger partial charge in [0.1, 0.15) is 16.8 Å². The molecular formula is C19H19N3O4S. The van der Waals surface area contributed by atoms with E-state index in [1.165, 1.54) is 0 Å². The number of rotatable bonds is 8. The number of nitrogens with zero attached hydrogens (tertiary/aromatic N) is 2. The van der Waals surface area contributed by atoms with E-state index < -0.39 is 11.9 Å². The molecule has 8 heteroatoms. The van der Waals surface area contributed by atoms with Crippen molar-refractivity contribution in [2.24, 2.45) is 0 Å². The van der Waals surface area contributed by atoms with Gasteiger partial charge in [0.15, 0.2) is 6.61 Å². The Labute approximate surface area is 160 Å². The number of carbonyl (C=O) groups excluding carboxylic acids is 2. The summed E-state index contributed by atoms with van der Waals surface area (Å²) >= 11 is 1.07. The van der Waals surface area contributed by atoms with Gasteiger partial charge in [-0.05, 0) is 43.2 Å². The SMILES string of the molecule is Cc1cccc(OCCCC(=O)OCC(=O)Nc2cccc3nsnc23)c1. The number of aromatic nitrogens is 2. The summed E-state index contributed by atoms with van der Waals surface area (Å²) in [4.78, 5) is 23.7. The molecule has 1 heterocycles. The molecule has 0 saturated carbocycles. The van der Waals surface area contributed by atoms with E-state index in [2.05, 4.69) is 14.1 Å². The van der Waals surface area contributed by atoms with Gasteiger partial charge in [-0.1, -0.05) is 18.2 Å². The maximum Gasteiger partial charge on any atom is 0.306 e. The molecule has 0 atom stereocenters. The first kappa shape index (κ1) is 18.8. The first-order valence-corrected chi connectivity index (χ1v) is 9.21. The summed E-state index contributed by atoms with van der Waals surface area (Å²) in [6.07, 6.45) is 0.697. The second-order valence-corrected chi connectivity index (χ2v) is 6.44. The molecule has 1 N–H and O–H groups in total. The Morgan fingerprint density at radius 3 is 2.85 bits per heavy atom. The molecule has 140 valence electrons. The van der Waals surface area contributed by atoms with Crippen LogP contribution in [0, 0.1) is 6.92 Å². The molecule has 0 aliphatic carbocycles. The zero-order valence-corrected chi connectivity index (χ0v) is 15.6. The van der Waals surface area contributed by atoms with E-state index in [1.807, 2.05) is 37.3 Å². The fourth-order valence-corrected chi connectivity index (χ4v) is 2.97. The highest BCUT2D eigenvalue weighted by atomic mass is 32.1. The highest BCUT2D eigenvalue weighted by Gasteiger charge is 2.11. The van der Waals surface area contributed by atoms with E-state index in [9.17, 15) is 9.59 Å². The van der Waals surface area contributed by atoms with Gasteiger partial charge in [0.25, 0.3) is 5.91 Å². The Balaban J connectivity index is 1.36. The van der Waals surface area contributed by atoms with Gasteiger partial charge in [-0.25, -0.2) is 0 Å². The van der Waals surface area contributed by atoms with Gasteiger partial charge in [-0.15, -0.1) is 0 Å². The second-order valence-electron chi connectivity index (χ2n) is 5.91. The highest BCUT2D eigenvalue weighted by Crippen LogP contribution is 2.21. The lowest BCUT2D eigenvalue weighted by atomic mass is 10.2. The lowest BCUT2D eigenvalue weighted by molar-refractivity contribution is -0.147. The summed E-state index contributed by atoms with van der Waals surface area (Å²) < 4.78 is 18.8. The summed E-state index contributed by atoms with van der Waals surface area (Å²) in [5.74, 6) is -0.0835. The number of anilines is 1. The molecule has 0 fully saturated rings. The normalized spacial score (nSPS) is 10.6. The van der Waals surface area contributed by atoms with E-state index in [0.717, 1.165) is 23.0 Å². The Hall–Kier alpha value is -3.00. The number of benzene rings is 2. The van der Waals surface area contributed by atoms with Crippen LogP contribution >= 0.6 is 11.7 Å². The molecule has 1 aromatic heterocycles. The fraction of sp³-hybridized carbons (Fsp3) is 0.263. The topological polar surface area (TPSA) is 90.4 Å². The van der Waals surface area contributed by atoms with E-state index in [1.54, 1.807) is 12.1 Å². The minimum atomic E-state index is -0.438. The molecule has 0 saturated heterocycles. The zero-order chi connectivity index (χ0) is 19.1. The predicted octanol–water partition coefficient (Wildman–Crippen LogP) is 3.34. The third-order valence-electron chi connectivity index (χ3n) is 3.71. The molecule has 0 aliphatic rings. The van der Waals surface area contributed by atoms with E-state index in [-0.39, 0.29) is 13.0 Å². The Morgan fingerprint density at radius 2 is 2.00 bits per heavy atom. The number of hydrogen-bond acceptors (Lipinski definition) is 7. The number of amides is 1. The van der Waals surface area contributed by atoms with Gasteiger partial charge in [0.05, 0.1) is 24.0 Å². The number of nitrogens with one attached hydrogen (secondary N) is 1. The van der Waals surface area contributed by atoms with Crippen molar-refractivity contribution in [1.29, 1.82) is 0 Å². The van der Waals surface area contributed by atoms with E-state index >= 15 is 0 Å². The summed E-state index contributed by atoms with van der Waals surface area (Å²) in [6.45, 7) is 2.05. The third-order valence-corrected chi connectivity index (χ3v) is 4.25. The summed E-state index contributed by atoms with van der Waals surface area (Å²) in [6, 6.07) is 13.0. The molecule has 0 aliphatic heterocycles. The molecule has 0 unspecified atom stereocenters. The minimum absolute atomic E-state index is 0.185. The molecule has 3 aromatic rings. The van der Waals surface area contributed by atoms with Crippen molar-refractivity contribution in [1.82, 2.24) is 8.75 Å². The number of hydrogen-bond donors (Lipinski definition) is 1. The monoisotopic (exact) mass is 385 g/mol. The van der Waals surface area contributed by atoms with Crippen LogP contribution in [-0.4, -0.2) is 33.8 Å². The molecule has 7 nitrogen and oxygen atoms in total. The first-order chi connectivity index (χ1) is 13.1. The standard InChI is InChI=1S/C19H19N3O4S/c1-13-5-2-6-14(11-13)25-10-4-9-18(24)26-12-17(23)20-15-7-3-8-16-19(15)22-27-21-16/h2-3,5-8,11H,4,9-10,12H2,1H3,(H,20,23). The van der Waals surface area contributed by atoms with Crippen LogP contribution in [0.5, 0.6) is 5.75 Å². The van der Waals surface area contributed by atoms with Crippen LogP contribution in [0.15, 0.2) is 42.5 Å². The fourth-order valence-electron chi connectivity index (χ4n) is 2.42. The molecule has 0 spiro atoms. The van der Waals surface area contributed by atoms with Gasteiger partial charge >= 0.3 is 5.97 Å². The minimum Gasteiger partial charge on any atom is -0.494 e.